The number of benzene rings is 1. The van der Waals surface area contributed by atoms with Crippen LogP contribution in [0.15, 0.2) is 41.8 Å². The van der Waals surface area contributed by atoms with Gasteiger partial charge in [-0.15, -0.1) is 6.58 Å². The second kappa shape index (κ2) is 6.74. The molecule has 0 aromatic heterocycles. The topological polar surface area (TPSA) is 104 Å². The number of amides is 1. The second-order valence-electron chi connectivity index (χ2n) is 5.81. The lowest BCUT2D eigenvalue weighted by Gasteiger charge is -2.31. The third kappa shape index (κ3) is 3.34. The van der Waals surface area contributed by atoms with Crippen molar-refractivity contribution in [3.8, 4) is 0 Å². The van der Waals surface area contributed by atoms with Crippen molar-refractivity contribution in [2.24, 2.45) is 0 Å². The monoisotopic (exact) mass is 352 g/mol. The third-order valence-corrected chi connectivity index (χ3v) is 5.58. The molecule has 0 aliphatic carbocycles. The number of nitrogens with zero attached hydrogens (tertiary/aromatic N) is 1. The van der Waals surface area contributed by atoms with Gasteiger partial charge < -0.3 is 10.0 Å². The van der Waals surface area contributed by atoms with Crippen molar-refractivity contribution in [2.75, 3.05) is 13.1 Å². The summed E-state index contributed by atoms with van der Waals surface area (Å²) in [6.45, 7) is 5.35. The molecule has 2 N–H and O–H groups in total. The Kier molecular flexibility index (Phi) is 5.10. The SMILES string of the molecule is C=CCNS(=O)(=O)c1cccc(C(=O)N2CCCC2(C)C(=O)O)c1. The summed E-state index contributed by atoms with van der Waals surface area (Å²) in [4.78, 5) is 25.4. The van der Waals surface area contributed by atoms with Crippen LogP contribution in [0.4, 0.5) is 0 Å². The zero-order chi connectivity index (χ0) is 18.0. The summed E-state index contributed by atoms with van der Waals surface area (Å²) in [5.41, 5.74) is -1.13. The lowest BCUT2D eigenvalue weighted by Crippen LogP contribution is -2.50. The molecule has 1 amide bonds. The van der Waals surface area contributed by atoms with Gasteiger partial charge in [-0.1, -0.05) is 12.1 Å². The molecule has 0 saturated carbocycles. The lowest BCUT2D eigenvalue weighted by molar-refractivity contribution is -0.147. The fraction of sp³-hybridized carbons (Fsp3) is 0.375. The van der Waals surface area contributed by atoms with E-state index in [4.69, 9.17) is 0 Å². The number of rotatable bonds is 6. The van der Waals surface area contributed by atoms with Crippen LogP contribution in [0.1, 0.15) is 30.1 Å². The van der Waals surface area contributed by atoms with Crippen LogP contribution in [0.2, 0.25) is 0 Å². The molecular weight excluding hydrogens is 332 g/mol. The van der Waals surface area contributed by atoms with E-state index < -0.39 is 27.4 Å². The molecule has 1 heterocycles. The van der Waals surface area contributed by atoms with Crippen molar-refractivity contribution in [3.63, 3.8) is 0 Å². The summed E-state index contributed by atoms with van der Waals surface area (Å²) < 4.78 is 26.6. The van der Waals surface area contributed by atoms with Crippen LogP contribution in [-0.4, -0.2) is 48.9 Å². The maximum Gasteiger partial charge on any atom is 0.329 e. The van der Waals surface area contributed by atoms with Crippen molar-refractivity contribution in [2.45, 2.75) is 30.2 Å². The molecule has 0 radical (unpaired) electrons. The highest BCUT2D eigenvalue weighted by Crippen LogP contribution is 2.31. The molecule has 1 aromatic rings. The minimum absolute atomic E-state index is 0.0496. The number of sulfonamides is 1. The van der Waals surface area contributed by atoms with Crippen molar-refractivity contribution in [1.82, 2.24) is 9.62 Å². The van der Waals surface area contributed by atoms with Gasteiger partial charge in [0.05, 0.1) is 4.90 Å². The molecule has 2 rings (SSSR count). The summed E-state index contributed by atoms with van der Waals surface area (Å²) in [6, 6.07) is 5.58. The fourth-order valence-electron chi connectivity index (χ4n) is 2.72. The van der Waals surface area contributed by atoms with E-state index in [1.807, 2.05) is 0 Å². The maximum absolute atomic E-state index is 12.7. The van der Waals surface area contributed by atoms with E-state index in [-0.39, 0.29) is 17.0 Å². The van der Waals surface area contributed by atoms with E-state index in [1.54, 1.807) is 0 Å². The summed E-state index contributed by atoms with van der Waals surface area (Å²) in [5.74, 6) is -1.55. The van der Waals surface area contributed by atoms with Crippen LogP contribution in [-0.2, 0) is 14.8 Å². The maximum atomic E-state index is 12.7. The first-order valence-corrected chi connectivity index (χ1v) is 8.97. The highest BCUT2D eigenvalue weighted by Gasteiger charge is 2.46. The predicted octanol–water partition coefficient (Wildman–Crippen LogP) is 1.23. The molecule has 1 fully saturated rings. The molecule has 1 aromatic carbocycles. The Morgan fingerprint density at radius 1 is 1.46 bits per heavy atom. The van der Waals surface area contributed by atoms with Gasteiger partial charge in [0.25, 0.3) is 5.91 Å². The normalized spacial score (nSPS) is 20.8. The standard InChI is InChI=1S/C16H20N2O5S/c1-3-9-17-24(22,23)13-7-4-6-12(11-13)14(19)18-10-5-8-16(18,2)15(20)21/h3-4,6-7,11,17H,1,5,8-10H2,2H3,(H,20,21). The Morgan fingerprint density at radius 2 is 2.17 bits per heavy atom. The second-order valence-corrected chi connectivity index (χ2v) is 7.57. The van der Waals surface area contributed by atoms with Gasteiger partial charge in [0.15, 0.2) is 0 Å². The highest BCUT2D eigenvalue weighted by molar-refractivity contribution is 7.89. The third-order valence-electron chi connectivity index (χ3n) is 4.16. The number of hydrogen-bond donors (Lipinski definition) is 2. The Balaban J connectivity index is 2.33. The number of carbonyl (C=O) groups is 2. The van der Waals surface area contributed by atoms with Crippen LogP contribution in [0, 0.1) is 0 Å². The molecule has 1 aliphatic rings. The minimum Gasteiger partial charge on any atom is -0.480 e. The molecule has 1 saturated heterocycles. The van der Waals surface area contributed by atoms with Crippen molar-refractivity contribution < 1.29 is 23.1 Å². The van der Waals surface area contributed by atoms with Gasteiger partial charge in [0.1, 0.15) is 5.54 Å². The summed E-state index contributed by atoms with van der Waals surface area (Å²) in [5, 5.41) is 9.41. The van der Waals surface area contributed by atoms with Gasteiger partial charge in [0.2, 0.25) is 10.0 Å². The van der Waals surface area contributed by atoms with Gasteiger partial charge in [-0.05, 0) is 38.0 Å². The summed E-state index contributed by atoms with van der Waals surface area (Å²) in [7, 11) is -3.76. The fourth-order valence-corrected chi connectivity index (χ4v) is 3.76. The largest absolute Gasteiger partial charge is 0.480 e. The van der Waals surface area contributed by atoms with E-state index in [2.05, 4.69) is 11.3 Å². The van der Waals surface area contributed by atoms with E-state index >= 15 is 0 Å². The quantitative estimate of drug-likeness (QED) is 0.750. The van der Waals surface area contributed by atoms with E-state index in [0.717, 1.165) is 0 Å². The molecular formula is C16H20N2O5S. The van der Waals surface area contributed by atoms with Crippen molar-refractivity contribution >= 4 is 21.9 Å². The average Bonchev–Trinajstić information content (AvgIpc) is 2.95. The number of aliphatic carboxylic acids is 1. The smallest absolute Gasteiger partial charge is 0.329 e. The summed E-state index contributed by atoms with van der Waals surface area (Å²) >= 11 is 0. The molecule has 1 unspecified atom stereocenters. The number of carboxylic acids is 1. The summed E-state index contributed by atoms with van der Waals surface area (Å²) in [6.07, 6.45) is 2.37. The van der Waals surface area contributed by atoms with Gasteiger partial charge >= 0.3 is 5.97 Å². The Hall–Kier alpha value is -2.19. The molecule has 130 valence electrons. The first-order valence-electron chi connectivity index (χ1n) is 7.48. The Bertz CT molecular complexity index is 774. The van der Waals surface area contributed by atoms with Crippen molar-refractivity contribution in [1.29, 1.82) is 0 Å². The zero-order valence-electron chi connectivity index (χ0n) is 13.4. The van der Waals surface area contributed by atoms with E-state index in [9.17, 15) is 23.1 Å². The zero-order valence-corrected chi connectivity index (χ0v) is 14.2. The lowest BCUT2D eigenvalue weighted by atomic mass is 9.98. The van der Waals surface area contributed by atoms with E-state index in [1.165, 1.54) is 42.2 Å². The number of carboxylic acid groups (broad SMARTS) is 1. The van der Waals surface area contributed by atoms with Crippen LogP contribution in [0.5, 0.6) is 0 Å². The first-order chi connectivity index (χ1) is 11.2. The van der Waals surface area contributed by atoms with Crippen LogP contribution in [0.3, 0.4) is 0 Å². The molecule has 0 spiro atoms. The number of carbonyl (C=O) groups excluding carboxylic acids is 1. The van der Waals surface area contributed by atoms with Gasteiger partial charge in [-0.3, -0.25) is 4.79 Å². The van der Waals surface area contributed by atoms with Gasteiger partial charge in [0, 0.05) is 18.7 Å². The highest BCUT2D eigenvalue weighted by atomic mass is 32.2. The van der Waals surface area contributed by atoms with Crippen LogP contribution in [0.25, 0.3) is 0 Å². The van der Waals surface area contributed by atoms with Gasteiger partial charge in [-0.25, -0.2) is 17.9 Å². The van der Waals surface area contributed by atoms with Crippen LogP contribution < -0.4 is 4.72 Å². The number of hydrogen-bond acceptors (Lipinski definition) is 4. The molecule has 1 atom stereocenters. The minimum atomic E-state index is -3.76. The first kappa shape index (κ1) is 18.2. The number of nitrogens with one attached hydrogen (secondary N) is 1. The molecule has 24 heavy (non-hydrogen) atoms. The number of likely N-dealkylation sites (tertiary alicyclic amines) is 1. The van der Waals surface area contributed by atoms with Crippen LogP contribution >= 0.6 is 0 Å². The Morgan fingerprint density at radius 3 is 2.79 bits per heavy atom. The molecule has 7 nitrogen and oxygen atoms in total. The predicted molar refractivity (Wildman–Crippen MR) is 88.1 cm³/mol. The van der Waals surface area contributed by atoms with Crippen molar-refractivity contribution in [3.05, 3.63) is 42.5 Å². The molecule has 0 bridgehead atoms. The molecule has 1 aliphatic heterocycles. The van der Waals surface area contributed by atoms with Gasteiger partial charge in [-0.2, -0.15) is 0 Å². The molecule has 8 heteroatoms. The van der Waals surface area contributed by atoms with E-state index in [0.29, 0.717) is 19.4 Å². The average molecular weight is 352 g/mol. The Labute approximate surface area is 141 Å².